The molecule has 0 saturated carbocycles. The number of hydrogen-bond acceptors (Lipinski definition) is 7. The largest absolute Gasteiger partial charge is 0.496 e. The Morgan fingerprint density at radius 1 is 1.14 bits per heavy atom. The third kappa shape index (κ3) is 3.65. The zero-order valence-corrected chi connectivity index (χ0v) is 15.9. The summed E-state index contributed by atoms with van der Waals surface area (Å²) < 4.78 is 10.9. The lowest BCUT2D eigenvalue weighted by Gasteiger charge is -2.08. The van der Waals surface area contributed by atoms with Gasteiger partial charge < -0.3 is 14.5 Å². The molecule has 0 aliphatic heterocycles. The van der Waals surface area contributed by atoms with E-state index in [-0.39, 0.29) is 5.78 Å². The van der Waals surface area contributed by atoms with Crippen LogP contribution in [0.5, 0.6) is 5.75 Å². The van der Waals surface area contributed by atoms with Gasteiger partial charge in [-0.25, -0.2) is 4.98 Å². The minimum Gasteiger partial charge on any atom is -0.496 e. The van der Waals surface area contributed by atoms with E-state index in [4.69, 9.17) is 9.15 Å². The third-order valence-electron chi connectivity index (χ3n) is 4.11. The zero-order valence-electron chi connectivity index (χ0n) is 15.1. The van der Waals surface area contributed by atoms with Crippen LogP contribution < -0.4 is 10.1 Å². The van der Waals surface area contributed by atoms with Gasteiger partial charge in [0.05, 0.1) is 13.4 Å². The van der Waals surface area contributed by atoms with Crippen LogP contribution in [0, 0.1) is 0 Å². The molecule has 1 aromatic carbocycles. The molecule has 0 bridgehead atoms. The normalized spacial score (nSPS) is 10.6. The first-order chi connectivity index (χ1) is 13.8. The van der Waals surface area contributed by atoms with Gasteiger partial charge in [-0.1, -0.05) is 35.6 Å². The van der Waals surface area contributed by atoms with Gasteiger partial charge in [-0.3, -0.25) is 9.78 Å². The van der Waals surface area contributed by atoms with Crippen LogP contribution >= 0.6 is 11.3 Å². The highest BCUT2D eigenvalue weighted by Crippen LogP contribution is 2.33. The average Bonchev–Trinajstić information content (AvgIpc) is 3.42. The molecule has 1 N–H and O–H groups in total. The highest BCUT2D eigenvalue weighted by Gasteiger charge is 2.23. The molecular formula is C21H17N3O3S. The zero-order chi connectivity index (χ0) is 19.3. The van der Waals surface area contributed by atoms with E-state index in [0.717, 1.165) is 11.3 Å². The molecule has 7 heteroatoms. The molecule has 0 fully saturated rings. The SMILES string of the molecule is COc1ccccc1CNc1nc(-c2ccco2)c(C(=O)c2ccccn2)s1. The van der Waals surface area contributed by atoms with Gasteiger partial charge in [0, 0.05) is 18.3 Å². The van der Waals surface area contributed by atoms with Crippen molar-refractivity contribution in [3.8, 4) is 17.2 Å². The number of ketones is 1. The molecule has 0 aliphatic carbocycles. The number of carbonyl (C=O) groups is 1. The summed E-state index contributed by atoms with van der Waals surface area (Å²) in [5.74, 6) is 1.15. The van der Waals surface area contributed by atoms with Crippen LogP contribution in [0.15, 0.2) is 71.5 Å². The van der Waals surface area contributed by atoms with Gasteiger partial charge in [-0.2, -0.15) is 0 Å². The fourth-order valence-electron chi connectivity index (χ4n) is 2.76. The van der Waals surface area contributed by atoms with Crippen molar-refractivity contribution >= 4 is 22.3 Å². The highest BCUT2D eigenvalue weighted by molar-refractivity contribution is 7.18. The van der Waals surface area contributed by atoms with Crippen molar-refractivity contribution < 1.29 is 13.9 Å². The summed E-state index contributed by atoms with van der Waals surface area (Å²) in [4.78, 5) is 22.2. The fourth-order valence-corrected chi connectivity index (χ4v) is 3.68. The predicted molar refractivity (Wildman–Crippen MR) is 108 cm³/mol. The molecule has 0 atom stereocenters. The first-order valence-electron chi connectivity index (χ1n) is 8.62. The Kier molecular flexibility index (Phi) is 5.16. The topological polar surface area (TPSA) is 77.2 Å². The monoisotopic (exact) mass is 391 g/mol. The Hall–Kier alpha value is -3.45. The number of benzene rings is 1. The maximum Gasteiger partial charge on any atom is 0.223 e. The van der Waals surface area contributed by atoms with Crippen molar-refractivity contribution in [3.05, 3.63) is 83.2 Å². The number of rotatable bonds is 7. The molecule has 0 saturated heterocycles. The number of thiazole rings is 1. The van der Waals surface area contributed by atoms with Gasteiger partial charge >= 0.3 is 0 Å². The van der Waals surface area contributed by atoms with E-state index in [1.807, 2.05) is 24.3 Å². The lowest BCUT2D eigenvalue weighted by molar-refractivity contribution is 0.103. The van der Waals surface area contributed by atoms with Crippen LogP contribution in [0.3, 0.4) is 0 Å². The molecule has 0 aliphatic rings. The smallest absolute Gasteiger partial charge is 0.223 e. The van der Waals surface area contributed by atoms with E-state index in [1.165, 1.54) is 11.3 Å². The molecule has 3 heterocycles. The second kappa shape index (κ2) is 8.06. The quantitative estimate of drug-likeness (QED) is 0.462. The Morgan fingerprint density at radius 3 is 2.75 bits per heavy atom. The molecule has 4 rings (SSSR count). The number of hydrogen-bond donors (Lipinski definition) is 1. The van der Waals surface area contributed by atoms with Crippen LogP contribution in [0.2, 0.25) is 0 Å². The van der Waals surface area contributed by atoms with Crippen molar-refractivity contribution in [2.24, 2.45) is 0 Å². The number of nitrogens with one attached hydrogen (secondary N) is 1. The average molecular weight is 391 g/mol. The van der Waals surface area contributed by atoms with Crippen LogP contribution in [0.25, 0.3) is 11.5 Å². The van der Waals surface area contributed by atoms with E-state index in [2.05, 4.69) is 15.3 Å². The van der Waals surface area contributed by atoms with E-state index in [9.17, 15) is 4.79 Å². The Balaban J connectivity index is 1.65. The molecule has 140 valence electrons. The lowest BCUT2D eigenvalue weighted by atomic mass is 10.1. The summed E-state index contributed by atoms with van der Waals surface area (Å²) in [5, 5.41) is 3.90. The van der Waals surface area contributed by atoms with Gasteiger partial charge in [0.2, 0.25) is 5.78 Å². The third-order valence-corrected chi connectivity index (χ3v) is 5.12. The van der Waals surface area contributed by atoms with E-state index in [1.54, 1.807) is 49.9 Å². The molecule has 4 aromatic rings. The first-order valence-corrected chi connectivity index (χ1v) is 9.44. The van der Waals surface area contributed by atoms with Gasteiger partial charge in [0.15, 0.2) is 10.9 Å². The van der Waals surface area contributed by atoms with E-state index >= 15 is 0 Å². The molecule has 0 radical (unpaired) electrons. The maximum atomic E-state index is 13.0. The molecular weight excluding hydrogens is 374 g/mol. The Bertz CT molecular complexity index is 1080. The summed E-state index contributed by atoms with van der Waals surface area (Å²) in [5.41, 5.74) is 1.88. The predicted octanol–water partition coefficient (Wildman–Crippen LogP) is 4.65. The van der Waals surface area contributed by atoms with Crippen LogP contribution in [0.1, 0.15) is 20.9 Å². The molecule has 0 spiro atoms. The van der Waals surface area contributed by atoms with Crippen molar-refractivity contribution in [3.63, 3.8) is 0 Å². The summed E-state index contributed by atoms with van der Waals surface area (Å²) in [6.45, 7) is 0.520. The summed E-state index contributed by atoms with van der Waals surface area (Å²) in [6.07, 6.45) is 3.16. The summed E-state index contributed by atoms with van der Waals surface area (Å²) >= 11 is 1.28. The number of nitrogens with zero attached hydrogens (tertiary/aromatic N) is 2. The molecule has 28 heavy (non-hydrogen) atoms. The second-order valence-electron chi connectivity index (χ2n) is 5.88. The van der Waals surface area contributed by atoms with Crippen LogP contribution in [-0.2, 0) is 6.54 Å². The molecule has 6 nitrogen and oxygen atoms in total. The van der Waals surface area contributed by atoms with Crippen molar-refractivity contribution in [1.29, 1.82) is 0 Å². The number of ether oxygens (including phenoxy) is 1. The molecule has 3 aromatic heterocycles. The Morgan fingerprint density at radius 2 is 2.00 bits per heavy atom. The molecule has 0 unspecified atom stereocenters. The minimum absolute atomic E-state index is 0.185. The standard InChI is InChI=1S/C21H17N3O3S/c1-26-16-9-3-2-7-14(16)13-23-21-24-18(17-10-6-12-27-17)20(28-21)19(25)15-8-4-5-11-22-15/h2-12H,13H2,1H3,(H,23,24). The number of para-hydroxylation sites is 1. The van der Waals surface area contributed by atoms with Crippen molar-refractivity contribution in [2.45, 2.75) is 6.54 Å². The van der Waals surface area contributed by atoms with Gasteiger partial charge in [-0.05, 0) is 30.3 Å². The summed E-state index contributed by atoms with van der Waals surface area (Å²) in [7, 11) is 1.64. The lowest BCUT2D eigenvalue weighted by Crippen LogP contribution is -2.02. The first kappa shape index (κ1) is 17.9. The summed E-state index contributed by atoms with van der Waals surface area (Å²) in [6, 6.07) is 16.6. The number of methoxy groups -OCH3 is 1. The number of anilines is 1. The van der Waals surface area contributed by atoms with E-state index < -0.39 is 0 Å². The van der Waals surface area contributed by atoms with Crippen LogP contribution in [-0.4, -0.2) is 22.9 Å². The van der Waals surface area contributed by atoms with Crippen molar-refractivity contribution in [2.75, 3.05) is 12.4 Å². The number of pyridine rings is 1. The maximum absolute atomic E-state index is 13.0. The highest BCUT2D eigenvalue weighted by atomic mass is 32.1. The minimum atomic E-state index is -0.185. The number of carbonyl (C=O) groups excluding carboxylic acids is 1. The van der Waals surface area contributed by atoms with Crippen molar-refractivity contribution in [1.82, 2.24) is 9.97 Å². The Labute approximate surface area is 165 Å². The molecule has 0 amide bonds. The van der Waals surface area contributed by atoms with Crippen LogP contribution in [0.4, 0.5) is 5.13 Å². The fraction of sp³-hybridized carbons (Fsp3) is 0.0952. The van der Waals surface area contributed by atoms with Gasteiger partial charge in [0.1, 0.15) is 22.0 Å². The number of aromatic nitrogens is 2. The second-order valence-corrected chi connectivity index (χ2v) is 6.88. The van der Waals surface area contributed by atoms with E-state index in [0.29, 0.717) is 33.7 Å². The van der Waals surface area contributed by atoms with Gasteiger partial charge in [-0.15, -0.1) is 0 Å². The van der Waals surface area contributed by atoms with Gasteiger partial charge in [0.25, 0.3) is 0 Å². The number of furan rings is 1.